The summed E-state index contributed by atoms with van der Waals surface area (Å²) < 4.78 is 12.1. The number of ether oxygens (including phenoxy) is 2. The average Bonchev–Trinajstić information content (AvgIpc) is 3.16. The fourth-order valence-corrected chi connectivity index (χ4v) is 5.39. The molecule has 4 atom stereocenters. The Kier molecular flexibility index (Phi) is 12.7. The van der Waals surface area contributed by atoms with Crippen molar-refractivity contribution >= 4 is 17.7 Å². The highest BCUT2D eigenvalue weighted by molar-refractivity contribution is 7.99. The summed E-state index contributed by atoms with van der Waals surface area (Å²) in [6.07, 6.45) is 20.4. The third kappa shape index (κ3) is 10.7. The first-order valence-electron chi connectivity index (χ1n) is 11.6. The van der Waals surface area contributed by atoms with E-state index >= 15 is 0 Å². The molecule has 1 N–H and O–H groups in total. The molecule has 2 rings (SSSR count). The molecule has 2 aliphatic rings. The SMILES string of the molecule is CCCCCC(C=C[C@@H]1CSC[C@@H]1CC=CCCCC(=O)O)OC1CCCCO1. The van der Waals surface area contributed by atoms with Gasteiger partial charge in [0.2, 0.25) is 0 Å². The Bertz CT molecular complexity index is 499. The van der Waals surface area contributed by atoms with Gasteiger partial charge in [0, 0.05) is 13.0 Å². The standard InChI is InChI=1S/C24H40O4S/c1-2-3-6-12-22(28-24-14-9-10-17-27-24)16-15-21-19-29-18-20(21)11-7-4-5-8-13-23(25)26/h4,7,15-16,20-22,24H,2-3,5-6,8-14,17-19H2,1H3,(H,25,26)/t20-,21+,22?,24?/m0/s1. The molecule has 5 heteroatoms. The first-order chi connectivity index (χ1) is 14.2. The fraction of sp³-hybridized carbons (Fsp3) is 0.792. The average molecular weight is 425 g/mol. The molecule has 0 aliphatic carbocycles. The number of allylic oxidation sites excluding steroid dienone is 3. The van der Waals surface area contributed by atoms with Gasteiger partial charge in [0.15, 0.2) is 6.29 Å². The number of hydrogen-bond donors (Lipinski definition) is 1. The second-order valence-corrected chi connectivity index (χ2v) is 9.38. The summed E-state index contributed by atoms with van der Waals surface area (Å²) >= 11 is 2.04. The summed E-state index contributed by atoms with van der Waals surface area (Å²) in [4.78, 5) is 10.6. The maximum atomic E-state index is 10.6. The summed E-state index contributed by atoms with van der Waals surface area (Å²) in [5.41, 5.74) is 0. The molecule has 2 saturated heterocycles. The van der Waals surface area contributed by atoms with Gasteiger partial charge in [0.25, 0.3) is 0 Å². The molecular weight excluding hydrogens is 384 g/mol. The van der Waals surface area contributed by atoms with Gasteiger partial charge in [0.05, 0.1) is 6.10 Å². The van der Waals surface area contributed by atoms with Crippen molar-refractivity contribution in [1.82, 2.24) is 0 Å². The van der Waals surface area contributed by atoms with Crippen LogP contribution in [0, 0.1) is 11.8 Å². The second kappa shape index (κ2) is 15.1. The predicted octanol–water partition coefficient (Wildman–Crippen LogP) is 6.22. The van der Waals surface area contributed by atoms with Gasteiger partial charge in [-0.25, -0.2) is 0 Å². The summed E-state index contributed by atoms with van der Waals surface area (Å²) in [5.74, 6) is 2.98. The molecular formula is C24H40O4S. The molecule has 0 aromatic heterocycles. The van der Waals surface area contributed by atoms with E-state index in [0.29, 0.717) is 11.8 Å². The molecule has 0 radical (unpaired) electrons. The molecule has 29 heavy (non-hydrogen) atoms. The molecule has 0 saturated carbocycles. The first-order valence-corrected chi connectivity index (χ1v) is 12.7. The van der Waals surface area contributed by atoms with Crippen LogP contribution in [0.4, 0.5) is 0 Å². The molecule has 0 aromatic carbocycles. The number of rotatable bonds is 14. The Morgan fingerprint density at radius 3 is 2.90 bits per heavy atom. The number of carbonyl (C=O) groups is 1. The highest BCUT2D eigenvalue weighted by atomic mass is 32.2. The Morgan fingerprint density at radius 2 is 2.14 bits per heavy atom. The fourth-order valence-electron chi connectivity index (χ4n) is 3.92. The monoisotopic (exact) mass is 424 g/mol. The van der Waals surface area contributed by atoms with Crippen molar-refractivity contribution in [2.45, 2.75) is 89.9 Å². The number of hydrogen-bond acceptors (Lipinski definition) is 4. The lowest BCUT2D eigenvalue weighted by molar-refractivity contribution is -0.179. The summed E-state index contributed by atoms with van der Waals surface area (Å²) in [6, 6.07) is 0. The van der Waals surface area contributed by atoms with Crippen LogP contribution in [0.3, 0.4) is 0 Å². The van der Waals surface area contributed by atoms with Crippen LogP contribution in [0.5, 0.6) is 0 Å². The minimum absolute atomic E-state index is 0.0255. The Morgan fingerprint density at radius 1 is 1.24 bits per heavy atom. The van der Waals surface area contributed by atoms with Crippen molar-refractivity contribution < 1.29 is 19.4 Å². The third-order valence-corrected chi connectivity index (χ3v) is 7.03. The van der Waals surface area contributed by atoms with Crippen LogP contribution < -0.4 is 0 Å². The number of aliphatic carboxylic acids is 1. The minimum atomic E-state index is -0.704. The zero-order chi connectivity index (χ0) is 20.7. The van der Waals surface area contributed by atoms with Gasteiger partial charge in [0.1, 0.15) is 0 Å². The maximum absolute atomic E-state index is 10.6. The summed E-state index contributed by atoms with van der Waals surface area (Å²) in [7, 11) is 0. The lowest BCUT2D eigenvalue weighted by Crippen LogP contribution is -2.27. The minimum Gasteiger partial charge on any atom is -0.481 e. The molecule has 2 unspecified atom stereocenters. The van der Waals surface area contributed by atoms with E-state index < -0.39 is 5.97 Å². The van der Waals surface area contributed by atoms with Gasteiger partial charge >= 0.3 is 5.97 Å². The first kappa shape index (κ1) is 24.5. The lowest BCUT2D eigenvalue weighted by Gasteiger charge is -2.27. The van der Waals surface area contributed by atoms with Crippen molar-refractivity contribution in [3.63, 3.8) is 0 Å². The number of thioether (sulfide) groups is 1. The van der Waals surface area contributed by atoms with E-state index in [1.165, 1.54) is 37.2 Å². The normalized spacial score (nSPS) is 26.4. The topological polar surface area (TPSA) is 55.8 Å². The Balaban J connectivity index is 1.79. The zero-order valence-corrected chi connectivity index (χ0v) is 18.9. The second-order valence-electron chi connectivity index (χ2n) is 8.31. The van der Waals surface area contributed by atoms with Gasteiger partial charge in [-0.1, -0.05) is 50.5 Å². The molecule has 4 nitrogen and oxygen atoms in total. The highest BCUT2D eigenvalue weighted by Crippen LogP contribution is 2.34. The van der Waals surface area contributed by atoms with Crippen molar-refractivity contribution in [2.24, 2.45) is 11.8 Å². The van der Waals surface area contributed by atoms with Crippen LogP contribution in [-0.2, 0) is 14.3 Å². The van der Waals surface area contributed by atoms with Gasteiger partial charge < -0.3 is 14.6 Å². The van der Waals surface area contributed by atoms with E-state index in [2.05, 4.69) is 31.2 Å². The largest absolute Gasteiger partial charge is 0.481 e. The van der Waals surface area contributed by atoms with Gasteiger partial charge in [-0.05, 0) is 68.3 Å². The Hall–Kier alpha value is -0.780. The molecule has 2 heterocycles. The Labute approximate surface area is 181 Å². The van der Waals surface area contributed by atoms with E-state index in [-0.39, 0.29) is 18.8 Å². The van der Waals surface area contributed by atoms with E-state index in [9.17, 15) is 4.79 Å². The zero-order valence-electron chi connectivity index (χ0n) is 18.1. The number of carboxylic acids is 1. The van der Waals surface area contributed by atoms with Crippen molar-refractivity contribution in [3.8, 4) is 0 Å². The third-order valence-electron chi connectivity index (χ3n) is 5.74. The molecule has 2 aliphatic heterocycles. The molecule has 0 spiro atoms. The summed E-state index contributed by atoms with van der Waals surface area (Å²) in [6.45, 7) is 3.07. The van der Waals surface area contributed by atoms with Crippen molar-refractivity contribution in [2.75, 3.05) is 18.1 Å². The smallest absolute Gasteiger partial charge is 0.303 e. The van der Waals surface area contributed by atoms with Crippen LogP contribution >= 0.6 is 11.8 Å². The highest BCUT2D eigenvalue weighted by Gasteiger charge is 2.25. The van der Waals surface area contributed by atoms with Gasteiger partial charge in [-0.2, -0.15) is 11.8 Å². The molecule has 0 amide bonds. The molecule has 166 valence electrons. The molecule has 0 bridgehead atoms. The quantitative estimate of drug-likeness (QED) is 0.265. The van der Waals surface area contributed by atoms with Crippen molar-refractivity contribution in [3.05, 3.63) is 24.3 Å². The summed E-state index contributed by atoms with van der Waals surface area (Å²) in [5, 5.41) is 8.70. The van der Waals surface area contributed by atoms with E-state index in [1.807, 2.05) is 11.8 Å². The van der Waals surface area contributed by atoms with Crippen LogP contribution in [0.15, 0.2) is 24.3 Å². The van der Waals surface area contributed by atoms with Crippen LogP contribution in [0.25, 0.3) is 0 Å². The van der Waals surface area contributed by atoms with E-state index in [4.69, 9.17) is 14.6 Å². The number of unbranched alkanes of at least 4 members (excludes halogenated alkanes) is 3. The van der Waals surface area contributed by atoms with E-state index in [1.54, 1.807) is 0 Å². The van der Waals surface area contributed by atoms with Crippen LogP contribution in [0.2, 0.25) is 0 Å². The maximum Gasteiger partial charge on any atom is 0.303 e. The number of carboxylic acid groups (broad SMARTS) is 1. The van der Waals surface area contributed by atoms with Crippen LogP contribution in [-0.4, -0.2) is 41.6 Å². The predicted molar refractivity (Wildman–Crippen MR) is 121 cm³/mol. The van der Waals surface area contributed by atoms with Crippen molar-refractivity contribution in [1.29, 1.82) is 0 Å². The van der Waals surface area contributed by atoms with Gasteiger partial charge in [-0.3, -0.25) is 4.79 Å². The molecule has 0 aromatic rings. The van der Waals surface area contributed by atoms with E-state index in [0.717, 1.165) is 45.1 Å². The van der Waals surface area contributed by atoms with Crippen LogP contribution in [0.1, 0.15) is 77.6 Å². The van der Waals surface area contributed by atoms with Gasteiger partial charge in [-0.15, -0.1) is 0 Å². The molecule has 2 fully saturated rings. The lowest BCUT2D eigenvalue weighted by atomic mass is 9.91.